The zero-order chi connectivity index (χ0) is 12.5. The Bertz CT molecular complexity index is 387. The molecule has 0 spiro atoms. The van der Waals surface area contributed by atoms with Crippen LogP contribution in [0.1, 0.15) is 29.2 Å². The molecule has 0 aliphatic carbocycles. The van der Waals surface area contributed by atoms with Crippen LogP contribution in [-0.4, -0.2) is 30.2 Å². The molecule has 1 aliphatic heterocycles. The van der Waals surface area contributed by atoms with E-state index in [1.807, 2.05) is 11.3 Å². The molecule has 96 valence electrons. The Kier molecular flexibility index (Phi) is 3.88. The molecule has 17 heavy (non-hydrogen) atoms. The number of nitrogens with two attached hydrogens (primary N) is 1. The van der Waals surface area contributed by atoms with E-state index in [0.717, 1.165) is 26.3 Å². The molecule has 2 N–H and O–H groups in total. The van der Waals surface area contributed by atoms with Gasteiger partial charge in [-0.05, 0) is 32.4 Å². The van der Waals surface area contributed by atoms with Crippen molar-refractivity contribution in [2.75, 3.05) is 19.8 Å². The largest absolute Gasteiger partial charge is 0.378 e. The van der Waals surface area contributed by atoms with E-state index in [4.69, 9.17) is 10.5 Å². The Morgan fingerprint density at radius 2 is 2.29 bits per heavy atom. The maximum atomic E-state index is 5.70. The highest BCUT2D eigenvalue weighted by Crippen LogP contribution is 2.27. The Hall–Kier alpha value is -0.420. The molecular formula is C13H22N2OS. The molecule has 1 aromatic rings. The molecule has 1 aliphatic rings. The van der Waals surface area contributed by atoms with Gasteiger partial charge in [-0.15, -0.1) is 11.3 Å². The van der Waals surface area contributed by atoms with Crippen molar-refractivity contribution in [1.82, 2.24) is 4.90 Å². The summed E-state index contributed by atoms with van der Waals surface area (Å²) in [4.78, 5) is 5.18. The Morgan fingerprint density at radius 3 is 2.88 bits per heavy atom. The normalized spacial score (nSPS) is 20.7. The van der Waals surface area contributed by atoms with Crippen molar-refractivity contribution in [2.24, 2.45) is 5.73 Å². The summed E-state index contributed by atoms with van der Waals surface area (Å²) in [6.07, 6.45) is 0. The van der Waals surface area contributed by atoms with E-state index in [1.165, 1.54) is 15.3 Å². The summed E-state index contributed by atoms with van der Waals surface area (Å²) in [5, 5.41) is 0. The van der Waals surface area contributed by atoms with Gasteiger partial charge in [-0.1, -0.05) is 0 Å². The molecule has 1 aromatic heterocycles. The lowest BCUT2D eigenvalue weighted by molar-refractivity contribution is -0.0553. The average molecular weight is 254 g/mol. The van der Waals surface area contributed by atoms with Gasteiger partial charge in [0.05, 0.1) is 13.2 Å². The first-order chi connectivity index (χ1) is 8.03. The number of ether oxygens (including phenoxy) is 1. The topological polar surface area (TPSA) is 38.5 Å². The Balaban J connectivity index is 2.11. The van der Waals surface area contributed by atoms with E-state index in [1.54, 1.807) is 0 Å². The van der Waals surface area contributed by atoms with Crippen molar-refractivity contribution in [2.45, 2.75) is 39.4 Å². The van der Waals surface area contributed by atoms with Crippen LogP contribution in [0.25, 0.3) is 0 Å². The van der Waals surface area contributed by atoms with Crippen molar-refractivity contribution < 1.29 is 4.74 Å². The highest BCUT2D eigenvalue weighted by Gasteiger charge is 2.30. The molecule has 2 rings (SSSR count). The fourth-order valence-corrected chi connectivity index (χ4v) is 3.17. The van der Waals surface area contributed by atoms with E-state index < -0.39 is 0 Å². The van der Waals surface area contributed by atoms with Gasteiger partial charge in [0.15, 0.2) is 0 Å². The van der Waals surface area contributed by atoms with Crippen molar-refractivity contribution in [3.63, 3.8) is 0 Å². The number of hydrogen-bond donors (Lipinski definition) is 1. The molecule has 0 radical (unpaired) electrons. The monoisotopic (exact) mass is 254 g/mol. The number of hydrogen-bond acceptors (Lipinski definition) is 4. The number of morpholine rings is 1. The minimum absolute atomic E-state index is 0.134. The Labute approximate surface area is 108 Å². The van der Waals surface area contributed by atoms with Gasteiger partial charge in [-0.25, -0.2) is 0 Å². The third-order valence-electron chi connectivity index (χ3n) is 3.45. The summed E-state index contributed by atoms with van der Waals surface area (Å²) in [6.45, 7) is 11.0. The standard InChI is InChI=1S/C13H22N2OS/c1-10-11(6-12(7-14)17-10)8-15-4-5-16-9-13(15,2)3/h6H,4-5,7-9,14H2,1-3H3. The molecule has 1 saturated heterocycles. The molecule has 4 heteroatoms. The van der Waals surface area contributed by atoms with Crippen molar-refractivity contribution in [3.8, 4) is 0 Å². The highest BCUT2D eigenvalue weighted by molar-refractivity contribution is 7.12. The van der Waals surface area contributed by atoms with Gasteiger partial charge in [0, 0.05) is 34.9 Å². The second-order valence-corrected chi connectivity index (χ2v) is 6.63. The average Bonchev–Trinajstić information content (AvgIpc) is 2.63. The summed E-state index contributed by atoms with van der Waals surface area (Å²) < 4.78 is 5.55. The van der Waals surface area contributed by atoms with E-state index in [0.29, 0.717) is 6.54 Å². The van der Waals surface area contributed by atoms with Crippen LogP contribution in [0.5, 0.6) is 0 Å². The zero-order valence-electron chi connectivity index (χ0n) is 11.0. The van der Waals surface area contributed by atoms with Crippen molar-refractivity contribution >= 4 is 11.3 Å². The first-order valence-corrected chi connectivity index (χ1v) is 6.95. The highest BCUT2D eigenvalue weighted by atomic mass is 32.1. The fourth-order valence-electron chi connectivity index (χ4n) is 2.23. The smallest absolute Gasteiger partial charge is 0.0645 e. The molecule has 0 aromatic carbocycles. The van der Waals surface area contributed by atoms with Crippen LogP contribution in [-0.2, 0) is 17.8 Å². The van der Waals surface area contributed by atoms with Crippen LogP contribution < -0.4 is 5.73 Å². The second kappa shape index (κ2) is 5.06. The number of nitrogens with zero attached hydrogens (tertiary/aromatic N) is 1. The predicted molar refractivity (Wildman–Crippen MR) is 72.3 cm³/mol. The minimum Gasteiger partial charge on any atom is -0.378 e. The van der Waals surface area contributed by atoms with E-state index in [9.17, 15) is 0 Å². The van der Waals surface area contributed by atoms with Crippen molar-refractivity contribution in [1.29, 1.82) is 0 Å². The molecular weight excluding hydrogens is 232 g/mol. The zero-order valence-corrected chi connectivity index (χ0v) is 11.8. The lowest BCUT2D eigenvalue weighted by Crippen LogP contribution is -2.52. The molecule has 0 atom stereocenters. The summed E-state index contributed by atoms with van der Waals surface area (Å²) in [7, 11) is 0. The number of aryl methyl sites for hydroxylation is 1. The summed E-state index contributed by atoms with van der Waals surface area (Å²) in [5.41, 5.74) is 7.25. The van der Waals surface area contributed by atoms with Gasteiger partial charge in [0.25, 0.3) is 0 Å². The van der Waals surface area contributed by atoms with Gasteiger partial charge in [-0.3, -0.25) is 4.90 Å². The molecule has 0 amide bonds. The van der Waals surface area contributed by atoms with Crippen LogP contribution in [0, 0.1) is 6.92 Å². The SMILES string of the molecule is Cc1sc(CN)cc1CN1CCOCC1(C)C. The summed E-state index contributed by atoms with van der Waals surface area (Å²) in [6, 6.07) is 2.26. The minimum atomic E-state index is 0.134. The first-order valence-electron chi connectivity index (χ1n) is 6.14. The van der Waals surface area contributed by atoms with Crippen LogP contribution in [0.2, 0.25) is 0 Å². The van der Waals surface area contributed by atoms with Crippen LogP contribution in [0.15, 0.2) is 6.07 Å². The lowest BCUT2D eigenvalue weighted by Gasteiger charge is -2.42. The van der Waals surface area contributed by atoms with Gasteiger partial charge in [0.2, 0.25) is 0 Å². The van der Waals surface area contributed by atoms with Crippen LogP contribution >= 0.6 is 11.3 Å². The maximum absolute atomic E-state index is 5.70. The van der Waals surface area contributed by atoms with Gasteiger partial charge in [0.1, 0.15) is 0 Å². The van der Waals surface area contributed by atoms with Gasteiger partial charge >= 0.3 is 0 Å². The number of rotatable bonds is 3. The number of thiophene rings is 1. The quantitative estimate of drug-likeness (QED) is 0.898. The summed E-state index contributed by atoms with van der Waals surface area (Å²) in [5.74, 6) is 0. The third kappa shape index (κ3) is 2.88. The summed E-state index contributed by atoms with van der Waals surface area (Å²) >= 11 is 1.82. The Morgan fingerprint density at radius 1 is 1.53 bits per heavy atom. The van der Waals surface area contributed by atoms with E-state index in [-0.39, 0.29) is 5.54 Å². The van der Waals surface area contributed by atoms with E-state index >= 15 is 0 Å². The van der Waals surface area contributed by atoms with E-state index in [2.05, 4.69) is 31.7 Å². The van der Waals surface area contributed by atoms with Gasteiger partial charge < -0.3 is 10.5 Å². The molecule has 0 unspecified atom stereocenters. The molecule has 0 bridgehead atoms. The fraction of sp³-hybridized carbons (Fsp3) is 0.692. The van der Waals surface area contributed by atoms with Crippen LogP contribution in [0.4, 0.5) is 0 Å². The molecule has 2 heterocycles. The first kappa shape index (κ1) is 13.0. The predicted octanol–water partition coefficient (Wildman–Crippen LogP) is 2.13. The van der Waals surface area contributed by atoms with Gasteiger partial charge in [-0.2, -0.15) is 0 Å². The molecule has 0 saturated carbocycles. The maximum Gasteiger partial charge on any atom is 0.0645 e. The lowest BCUT2D eigenvalue weighted by atomic mass is 10.0. The van der Waals surface area contributed by atoms with Crippen molar-refractivity contribution in [3.05, 3.63) is 21.4 Å². The third-order valence-corrected chi connectivity index (χ3v) is 4.57. The second-order valence-electron chi connectivity index (χ2n) is 5.28. The van der Waals surface area contributed by atoms with Crippen LogP contribution in [0.3, 0.4) is 0 Å². The molecule has 3 nitrogen and oxygen atoms in total. The molecule has 1 fully saturated rings.